The van der Waals surface area contributed by atoms with Crippen molar-refractivity contribution in [2.24, 2.45) is 0 Å². The van der Waals surface area contributed by atoms with Crippen LogP contribution in [0.1, 0.15) is 44.2 Å². The summed E-state index contributed by atoms with van der Waals surface area (Å²) in [5, 5.41) is 0.808. The van der Waals surface area contributed by atoms with Crippen LogP contribution in [0.3, 0.4) is 0 Å². The molecule has 0 aliphatic carbocycles. The summed E-state index contributed by atoms with van der Waals surface area (Å²) in [6.45, 7) is 5.61. The van der Waals surface area contributed by atoms with E-state index in [4.69, 9.17) is 0 Å². The SMILES string of the molecule is CCc1ccc(CCCC2(Cn3ccnc3)SCC(CC)S2)cc1. The summed E-state index contributed by atoms with van der Waals surface area (Å²) in [6.07, 6.45) is 12.1. The van der Waals surface area contributed by atoms with Crippen LogP contribution < -0.4 is 0 Å². The predicted octanol–water partition coefficient (Wildman–Crippen LogP) is 5.42. The first-order chi connectivity index (χ1) is 11.7. The van der Waals surface area contributed by atoms with E-state index in [1.54, 1.807) is 0 Å². The van der Waals surface area contributed by atoms with Gasteiger partial charge >= 0.3 is 0 Å². The molecule has 1 aromatic heterocycles. The molecule has 0 radical (unpaired) electrons. The Bertz CT molecular complexity index is 609. The minimum Gasteiger partial charge on any atom is -0.335 e. The van der Waals surface area contributed by atoms with Gasteiger partial charge in [0.25, 0.3) is 0 Å². The van der Waals surface area contributed by atoms with Crippen LogP contribution >= 0.6 is 23.5 Å². The third-order valence-electron chi connectivity index (χ3n) is 4.81. The Morgan fingerprint density at radius 1 is 1.21 bits per heavy atom. The van der Waals surface area contributed by atoms with Crippen LogP contribution in [0.5, 0.6) is 0 Å². The fraction of sp³-hybridized carbons (Fsp3) is 0.550. The van der Waals surface area contributed by atoms with Gasteiger partial charge in [0, 0.05) is 29.9 Å². The molecule has 24 heavy (non-hydrogen) atoms. The van der Waals surface area contributed by atoms with Crippen molar-refractivity contribution < 1.29 is 0 Å². The van der Waals surface area contributed by atoms with Gasteiger partial charge in [-0.15, -0.1) is 23.5 Å². The van der Waals surface area contributed by atoms with Gasteiger partial charge in [-0.25, -0.2) is 4.98 Å². The first-order valence-corrected chi connectivity index (χ1v) is 10.9. The minimum atomic E-state index is 0.324. The third-order valence-corrected chi connectivity index (χ3v) is 8.68. The second-order valence-electron chi connectivity index (χ2n) is 6.63. The van der Waals surface area contributed by atoms with Gasteiger partial charge in [0.2, 0.25) is 0 Å². The van der Waals surface area contributed by atoms with Gasteiger partial charge in [-0.3, -0.25) is 0 Å². The van der Waals surface area contributed by atoms with Gasteiger partial charge < -0.3 is 4.57 Å². The average molecular weight is 361 g/mol. The van der Waals surface area contributed by atoms with E-state index in [2.05, 4.69) is 77.4 Å². The minimum absolute atomic E-state index is 0.324. The van der Waals surface area contributed by atoms with Crippen LogP contribution in [0, 0.1) is 0 Å². The highest BCUT2D eigenvalue weighted by atomic mass is 32.2. The third kappa shape index (κ3) is 4.60. The zero-order chi connectivity index (χ0) is 16.8. The number of benzene rings is 1. The van der Waals surface area contributed by atoms with Gasteiger partial charge in [-0.05, 0) is 43.2 Å². The highest BCUT2D eigenvalue weighted by molar-refractivity contribution is 8.21. The van der Waals surface area contributed by atoms with Crippen molar-refractivity contribution in [1.82, 2.24) is 9.55 Å². The molecule has 0 spiro atoms. The number of hydrogen-bond acceptors (Lipinski definition) is 3. The number of nitrogens with zero attached hydrogens (tertiary/aromatic N) is 2. The molecule has 1 fully saturated rings. The lowest BCUT2D eigenvalue weighted by Crippen LogP contribution is -2.25. The lowest BCUT2D eigenvalue weighted by molar-refractivity contribution is 0.571. The summed E-state index contributed by atoms with van der Waals surface area (Å²) in [5.74, 6) is 1.29. The first kappa shape index (κ1) is 17.9. The van der Waals surface area contributed by atoms with E-state index in [0.29, 0.717) is 4.08 Å². The second kappa shape index (κ2) is 8.48. The van der Waals surface area contributed by atoms with Gasteiger partial charge in [0.1, 0.15) is 0 Å². The Labute approximate surface area is 154 Å². The highest BCUT2D eigenvalue weighted by Gasteiger charge is 2.39. The van der Waals surface area contributed by atoms with E-state index in [9.17, 15) is 0 Å². The maximum atomic E-state index is 4.22. The second-order valence-corrected chi connectivity index (χ2v) is 9.97. The fourth-order valence-corrected chi connectivity index (χ4v) is 7.15. The molecule has 2 atom stereocenters. The van der Waals surface area contributed by atoms with Crippen molar-refractivity contribution in [3.8, 4) is 0 Å². The van der Waals surface area contributed by atoms with Crippen molar-refractivity contribution in [2.75, 3.05) is 5.75 Å². The van der Waals surface area contributed by atoms with Crippen molar-refractivity contribution in [1.29, 1.82) is 0 Å². The molecule has 0 bridgehead atoms. The van der Waals surface area contributed by atoms with E-state index < -0.39 is 0 Å². The van der Waals surface area contributed by atoms with Gasteiger partial charge in [0.05, 0.1) is 10.4 Å². The van der Waals surface area contributed by atoms with Crippen LogP contribution in [-0.2, 0) is 19.4 Å². The van der Waals surface area contributed by atoms with E-state index in [1.165, 1.54) is 42.6 Å². The van der Waals surface area contributed by atoms with Gasteiger partial charge in [0.15, 0.2) is 0 Å². The zero-order valence-electron chi connectivity index (χ0n) is 14.8. The Morgan fingerprint density at radius 3 is 2.62 bits per heavy atom. The molecule has 1 aromatic carbocycles. The Balaban J connectivity index is 1.59. The van der Waals surface area contributed by atoms with E-state index in [-0.39, 0.29) is 0 Å². The first-order valence-electron chi connectivity index (χ1n) is 9.08. The zero-order valence-corrected chi connectivity index (χ0v) is 16.4. The molecule has 3 rings (SSSR count). The molecule has 0 saturated carbocycles. The van der Waals surface area contributed by atoms with Crippen molar-refractivity contribution in [3.05, 3.63) is 54.1 Å². The van der Waals surface area contributed by atoms with Gasteiger partial charge in [-0.2, -0.15) is 0 Å². The lowest BCUT2D eigenvalue weighted by Gasteiger charge is -2.28. The monoisotopic (exact) mass is 360 g/mol. The predicted molar refractivity (Wildman–Crippen MR) is 108 cm³/mol. The molecule has 2 nitrogen and oxygen atoms in total. The summed E-state index contributed by atoms with van der Waals surface area (Å²) in [6, 6.07) is 9.18. The molecule has 0 amide bonds. The van der Waals surface area contributed by atoms with E-state index in [0.717, 1.165) is 18.2 Å². The van der Waals surface area contributed by atoms with E-state index >= 15 is 0 Å². The highest BCUT2D eigenvalue weighted by Crippen LogP contribution is 2.52. The maximum Gasteiger partial charge on any atom is 0.0946 e. The van der Waals surface area contributed by atoms with Crippen LogP contribution in [-0.4, -0.2) is 24.6 Å². The number of imidazole rings is 1. The number of aromatic nitrogens is 2. The molecule has 4 heteroatoms. The molecule has 2 heterocycles. The summed E-state index contributed by atoms with van der Waals surface area (Å²) >= 11 is 4.39. The number of thioether (sulfide) groups is 2. The molecular formula is C20H28N2S2. The number of aryl methyl sites for hydroxylation is 2. The standard InChI is InChI=1S/C20H28N2S2/c1-3-17-7-9-18(10-8-17)6-5-11-20(15-22-13-12-21-16-22)23-14-19(4-2)24-20/h7-10,12-13,16,19H,3-6,11,14-15H2,1-2H3. The topological polar surface area (TPSA) is 17.8 Å². The molecule has 0 N–H and O–H groups in total. The fourth-order valence-electron chi connectivity index (χ4n) is 3.27. The Morgan fingerprint density at radius 2 is 2.00 bits per heavy atom. The largest absolute Gasteiger partial charge is 0.335 e. The quantitative estimate of drug-likeness (QED) is 0.626. The molecular weight excluding hydrogens is 332 g/mol. The molecule has 1 aliphatic rings. The van der Waals surface area contributed by atoms with Gasteiger partial charge in [-0.1, -0.05) is 38.1 Å². The smallest absolute Gasteiger partial charge is 0.0946 e. The van der Waals surface area contributed by atoms with Crippen molar-refractivity contribution in [2.45, 2.75) is 61.8 Å². The molecule has 130 valence electrons. The lowest BCUT2D eigenvalue weighted by atomic mass is 10.0. The van der Waals surface area contributed by atoms with Crippen LogP contribution in [0.25, 0.3) is 0 Å². The Kier molecular flexibility index (Phi) is 6.34. The Hall–Kier alpha value is -0.870. The molecule has 2 aromatic rings. The van der Waals surface area contributed by atoms with Crippen molar-refractivity contribution >= 4 is 23.5 Å². The van der Waals surface area contributed by atoms with Crippen LogP contribution in [0.4, 0.5) is 0 Å². The van der Waals surface area contributed by atoms with Crippen LogP contribution in [0.15, 0.2) is 43.0 Å². The molecule has 2 unspecified atom stereocenters. The number of rotatable bonds is 8. The molecule has 1 saturated heterocycles. The average Bonchev–Trinajstić information content (AvgIpc) is 3.26. The normalized spacial score (nSPS) is 23.7. The van der Waals surface area contributed by atoms with Crippen molar-refractivity contribution in [3.63, 3.8) is 0 Å². The summed E-state index contributed by atoms with van der Waals surface area (Å²) in [4.78, 5) is 4.22. The number of hydrogen-bond donors (Lipinski definition) is 0. The maximum absolute atomic E-state index is 4.22. The molecule has 1 aliphatic heterocycles. The van der Waals surface area contributed by atoms with Crippen LogP contribution in [0.2, 0.25) is 0 Å². The summed E-state index contributed by atoms with van der Waals surface area (Å²) < 4.78 is 2.58. The van der Waals surface area contributed by atoms with E-state index in [1.807, 2.05) is 12.5 Å². The summed E-state index contributed by atoms with van der Waals surface area (Å²) in [7, 11) is 0. The summed E-state index contributed by atoms with van der Waals surface area (Å²) in [5.41, 5.74) is 2.91.